The summed E-state index contributed by atoms with van der Waals surface area (Å²) in [5.74, 6) is -1.21. The summed E-state index contributed by atoms with van der Waals surface area (Å²) in [5, 5.41) is 5.17. The summed E-state index contributed by atoms with van der Waals surface area (Å²) in [6, 6.07) is 13.9. The van der Waals surface area contributed by atoms with Gasteiger partial charge in [-0.1, -0.05) is 36.4 Å². The smallest absolute Gasteiger partial charge is 0.255 e. The Morgan fingerprint density at radius 3 is 2.61 bits per heavy atom. The summed E-state index contributed by atoms with van der Waals surface area (Å²) in [4.78, 5) is 50.2. The minimum atomic E-state index is -0.675. The van der Waals surface area contributed by atoms with Crippen LogP contribution in [0.1, 0.15) is 34.3 Å². The average Bonchev–Trinajstić information content (AvgIpc) is 3.00. The fourth-order valence-corrected chi connectivity index (χ4v) is 3.68. The van der Waals surface area contributed by atoms with Crippen molar-refractivity contribution in [1.29, 1.82) is 0 Å². The van der Waals surface area contributed by atoms with E-state index in [-0.39, 0.29) is 37.1 Å². The van der Waals surface area contributed by atoms with Gasteiger partial charge in [-0.3, -0.25) is 24.5 Å². The van der Waals surface area contributed by atoms with Crippen LogP contribution < -0.4 is 10.6 Å². The zero-order valence-electron chi connectivity index (χ0n) is 15.1. The summed E-state index contributed by atoms with van der Waals surface area (Å²) in [6.45, 7) is 0.224. The van der Waals surface area contributed by atoms with Crippen molar-refractivity contribution in [1.82, 2.24) is 10.2 Å². The molecule has 1 unspecified atom stereocenters. The van der Waals surface area contributed by atoms with Crippen molar-refractivity contribution in [2.75, 3.05) is 5.32 Å². The number of hydrogen-bond acceptors (Lipinski definition) is 4. The highest BCUT2D eigenvalue weighted by Gasteiger charge is 2.39. The van der Waals surface area contributed by atoms with Crippen molar-refractivity contribution in [3.63, 3.8) is 0 Å². The van der Waals surface area contributed by atoms with Gasteiger partial charge in [0.1, 0.15) is 6.04 Å². The topological polar surface area (TPSA) is 95.6 Å². The lowest BCUT2D eigenvalue weighted by Crippen LogP contribution is -2.52. The third-order valence-corrected chi connectivity index (χ3v) is 5.06. The van der Waals surface area contributed by atoms with Crippen LogP contribution in [0.4, 0.5) is 5.69 Å². The largest absolute Gasteiger partial charge is 0.325 e. The standard InChI is InChI=1S/C21H19N3O4/c25-18-10-9-17(20(27)23-18)24-12-15-14(21(24)28)7-4-8-16(15)22-19(26)11-13-5-2-1-3-6-13/h1-8,17H,9-12H2,(H,22,26)(H,23,25,27). The number of carbonyl (C=O) groups excluding carboxylic acids is 4. The monoisotopic (exact) mass is 377 g/mol. The fraction of sp³-hybridized carbons (Fsp3) is 0.238. The molecule has 2 aromatic carbocycles. The van der Waals surface area contributed by atoms with Crippen LogP contribution in [0.25, 0.3) is 0 Å². The molecule has 2 heterocycles. The molecule has 0 spiro atoms. The zero-order chi connectivity index (χ0) is 19.7. The Morgan fingerprint density at radius 2 is 1.86 bits per heavy atom. The number of fused-ring (bicyclic) bond motifs is 1. The molecule has 2 N–H and O–H groups in total. The first kappa shape index (κ1) is 17.9. The predicted molar refractivity (Wildman–Crippen MR) is 101 cm³/mol. The number of benzene rings is 2. The molecule has 1 fully saturated rings. The second kappa shape index (κ2) is 7.26. The van der Waals surface area contributed by atoms with E-state index in [1.54, 1.807) is 18.2 Å². The number of nitrogens with one attached hydrogen (secondary N) is 2. The molecule has 0 bridgehead atoms. The first-order valence-electron chi connectivity index (χ1n) is 9.13. The van der Waals surface area contributed by atoms with E-state index in [0.29, 0.717) is 23.2 Å². The molecule has 0 radical (unpaired) electrons. The number of amides is 4. The Labute approximate surface area is 161 Å². The van der Waals surface area contributed by atoms with Gasteiger partial charge in [0, 0.05) is 29.8 Å². The molecule has 2 aliphatic heterocycles. The van der Waals surface area contributed by atoms with Crippen molar-refractivity contribution in [2.24, 2.45) is 0 Å². The van der Waals surface area contributed by atoms with Gasteiger partial charge in [0.05, 0.1) is 6.42 Å². The van der Waals surface area contributed by atoms with Crippen LogP contribution in [0.15, 0.2) is 48.5 Å². The summed E-state index contributed by atoms with van der Waals surface area (Å²) in [6.07, 6.45) is 0.743. The van der Waals surface area contributed by atoms with Crippen molar-refractivity contribution in [2.45, 2.75) is 31.8 Å². The molecule has 4 amide bonds. The van der Waals surface area contributed by atoms with Crippen LogP contribution in [0.2, 0.25) is 0 Å². The second-order valence-corrected chi connectivity index (χ2v) is 6.94. The Morgan fingerprint density at radius 1 is 1.07 bits per heavy atom. The maximum Gasteiger partial charge on any atom is 0.255 e. The van der Waals surface area contributed by atoms with Gasteiger partial charge >= 0.3 is 0 Å². The van der Waals surface area contributed by atoms with Gasteiger partial charge in [-0.15, -0.1) is 0 Å². The van der Waals surface area contributed by atoms with Crippen molar-refractivity contribution in [3.8, 4) is 0 Å². The molecule has 7 nitrogen and oxygen atoms in total. The van der Waals surface area contributed by atoms with E-state index in [4.69, 9.17) is 0 Å². The molecule has 1 saturated heterocycles. The molecule has 28 heavy (non-hydrogen) atoms. The number of imide groups is 1. The van der Waals surface area contributed by atoms with Gasteiger partial charge in [-0.25, -0.2) is 0 Å². The highest BCUT2D eigenvalue weighted by atomic mass is 16.2. The normalized spacial score (nSPS) is 18.6. The maximum atomic E-state index is 12.8. The van der Waals surface area contributed by atoms with Gasteiger partial charge in [-0.05, 0) is 24.1 Å². The molecule has 0 aromatic heterocycles. The molecule has 142 valence electrons. The first-order chi connectivity index (χ1) is 13.5. The summed E-state index contributed by atoms with van der Waals surface area (Å²) < 4.78 is 0. The molecule has 0 aliphatic carbocycles. The van der Waals surface area contributed by atoms with Crippen LogP contribution in [-0.4, -0.2) is 34.6 Å². The Balaban J connectivity index is 1.52. The van der Waals surface area contributed by atoms with E-state index in [1.165, 1.54) is 4.90 Å². The van der Waals surface area contributed by atoms with Crippen molar-refractivity contribution in [3.05, 3.63) is 65.2 Å². The molecule has 2 aromatic rings. The molecule has 1 atom stereocenters. The average molecular weight is 377 g/mol. The van der Waals surface area contributed by atoms with Gasteiger partial charge in [-0.2, -0.15) is 0 Å². The Kier molecular flexibility index (Phi) is 4.65. The van der Waals surface area contributed by atoms with E-state index in [2.05, 4.69) is 10.6 Å². The number of carbonyl (C=O) groups is 4. The van der Waals surface area contributed by atoms with Crippen LogP contribution in [0.3, 0.4) is 0 Å². The van der Waals surface area contributed by atoms with Crippen LogP contribution in [0, 0.1) is 0 Å². The summed E-state index contributed by atoms with van der Waals surface area (Å²) in [5.41, 5.74) is 2.64. The van der Waals surface area contributed by atoms with Gasteiger partial charge < -0.3 is 10.2 Å². The second-order valence-electron chi connectivity index (χ2n) is 6.94. The summed E-state index contributed by atoms with van der Waals surface area (Å²) in [7, 11) is 0. The third kappa shape index (κ3) is 3.38. The molecular formula is C21H19N3O4. The number of rotatable bonds is 4. The number of nitrogens with zero attached hydrogens (tertiary/aromatic N) is 1. The van der Waals surface area contributed by atoms with E-state index in [1.807, 2.05) is 30.3 Å². The molecule has 0 saturated carbocycles. The highest BCUT2D eigenvalue weighted by Crippen LogP contribution is 2.32. The maximum absolute atomic E-state index is 12.8. The van der Waals surface area contributed by atoms with E-state index in [9.17, 15) is 19.2 Å². The number of piperidine rings is 1. The zero-order valence-corrected chi connectivity index (χ0v) is 15.1. The Hall–Kier alpha value is -3.48. The van der Waals surface area contributed by atoms with Crippen molar-refractivity contribution < 1.29 is 19.2 Å². The lowest BCUT2D eigenvalue weighted by atomic mass is 10.0. The Bertz CT molecular complexity index is 971. The molecular weight excluding hydrogens is 358 g/mol. The third-order valence-electron chi connectivity index (χ3n) is 5.06. The SMILES string of the molecule is O=C1CCC(N2Cc3c(NC(=O)Cc4ccccc4)cccc3C2=O)C(=O)N1. The first-order valence-corrected chi connectivity index (χ1v) is 9.13. The molecule has 4 rings (SSSR count). The van der Waals surface area contributed by atoms with Crippen molar-refractivity contribution >= 4 is 29.3 Å². The van der Waals surface area contributed by atoms with E-state index in [0.717, 1.165) is 5.56 Å². The summed E-state index contributed by atoms with van der Waals surface area (Å²) >= 11 is 0. The van der Waals surface area contributed by atoms with Gasteiger partial charge in [0.25, 0.3) is 5.91 Å². The molecule has 2 aliphatic rings. The minimum absolute atomic E-state index is 0.175. The van der Waals surface area contributed by atoms with Crippen LogP contribution >= 0.6 is 0 Å². The number of anilines is 1. The van der Waals surface area contributed by atoms with Crippen LogP contribution in [-0.2, 0) is 27.3 Å². The van der Waals surface area contributed by atoms with Gasteiger partial charge in [0.15, 0.2) is 0 Å². The predicted octanol–water partition coefficient (Wildman–Crippen LogP) is 1.63. The number of hydrogen-bond donors (Lipinski definition) is 2. The quantitative estimate of drug-likeness (QED) is 0.792. The lowest BCUT2D eigenvalue weighted by Gasteiger charge is -2.29. The van der Waals surface area contributed by atoms with Gasteiger partial charge in [0.2, 0.25) is 17.7 Å². The lowest BCUT2D eigenvalue weighted by molar-refractivity contribution is -0.137. The minimum Gasteiger partial charge on any atom is -0.325 e. The van der Waals surface area contributed by atoms with E-state index >= 15 is 0 Å². The highest BCUT2D eigenvalue weighted by molar-refractivity contribution is 6.06. The molecule has 7 heteroatoms. The van der Waals surface area contributed by atoms with Crippen LogP contribution in [0.5, 0.6) is 0 Å². The van der Waals surface area contributed by atoms with E-state index < -0.39 is 11.9 Å². The fourth-order valence-electron chi connectivity index (χ4n) is 3.68.